The van der Waals surface area contributed by atoms with Crippen LogP contribution in [-0.4, -0.2) is 10.9 Å². The molecule has 3 aromatic rings. The minimum absolute atomic E-state index is 0.196. The molecule has 0 bridgehead atoms. The third kappa shape index (κ3) is 1.67. The fourth-order valence-electron chi connectivity index (χ4n) is 2.13. The van der Waals surface area contributed by atoms with E-state index >= 15 is 0 Å². The van der Waals surface area contributed by atoms with Crippen molar-refractivity contribution in [1.82, 2.24) is 4.98 Å². The summed E-state index contributed by atoms with van der Waals surface area (Å²) < 4.78 is 13.7. The number of aromatic amines is 1. The molecule has 0 atom stereocenters. The van der Waals surface area contributed by atoms with Gasteiger partial charge >= 0.3 is 0 Å². The van der Waals surface area contributed by atoms with Crippen molar-refractivity contribution in [3.8, 4) is 0 Å². The lowest BCUT2D eigenvalue weighted by atomic mass is 10.1. The van der Waals surface area contributed by atoms with E-state index in [2.05, 4.69) is 4.98 Å². The van der Waals surface area contributed by atoms with Crippen LogP contribution < -0.4 is 11.2 Å². The zero-order valence-corrected chi connectivity index (χ0v) is 9.74. The van der Waals surface area contributed by atoms with Gasteiger partial charge in [-0.3, -0.25) is 9.59 Å². The van der Waals surface area contributed by atoms with E-state index in [9.17, 15) is 14.0 Å². The Hall–Kier alpha value is -2.69. The van der Waals surface area contributed by atoms with Crippen LogP contribution in [0.2, 0.25) is 0 Å². The smallest absolute Gasteiger partial charge is 0.251 e. The Kier molecular flexibility index (Phi) is 2.35. The molecule has 1 amide bonds. The summed E-state index contributed by atoms with van der Waals surface area (Å²) in [5.74, 6) is -1.66. The molecular weight excluding hydrogens is 247 g/mol. The summed E-state index contributed by atoms with van der Waals surface area (Å²) in [4.78, 5) is 26.3. The molecule has 0 radical (unpaired) electrons. The first-order valence-corrected chi connectivity index (χ1v) is 5.62. The number of pyridine rings is 1. The van der Waals surface area contributed by atoms with Gasteiger partial charge in [-0.05, 0) is 24.3 Å². The number of amides is 1. The summed E-state index contributed by atoms with van der Waals surface area (Å²) in [6.45, 7) is 0. The van der Waals surface area contributed by atoms with Gasteiger partial charge in [-0.25, -0.2) is 4.39 Å². The molecule has 0 aliphatic carbocycles. The molecule has 0 aliphatic heterocycles. The quantitative estimate of drug-likeness (QED) is 0.652. The monoisotopic (exact) mass is 256 g/mol. The maximum Gasteiger partial charge on any atom is 0.251 e. The third-order valence-electron chi connectivity index (χ3n) is 3.06. The fourth-order valence-corrected chi connectivity index (χ4v) is 2.13. The number of hydrogen-bond donors (Lipinski definition) is 2. The van der Waals surface area contributed by atoms with Crippen molar-refractivity contribution in [2.24, 2.45) is 5.73 Å². The maximum absolute atomic E-state index is 13.7. The average Bonchev–Trinajstić information content (AvgIpc) is 2.39. The van der Waals surface area contributed by atoms with E-state index in [-0.39, 0.29) is 16.4 Å². The van der Waals surface area contributed by atoms with Gasteiger partial charge in [0.2, 0.25) is 0 Å². The highest BCUT2D eigenvalue weighted by molar-refractivity contribution is 5.99. The van der Waals surface area contributed by atoms with Crippen molar-refractivity contribution < 1.29 is 9.18 Å². The lowest BCUT2D eigenvalue weighted by molar-refractivity contribution is 0.0996. The van der Waals surface area contributed by atoms with Crippen LogP contribution in [-0.2, 0) is 0 Å². The number of H-pyrrole nitrogens is 1. The van der Waals surface area contributed by atoms with E-state index in [1.807, 2.05) is 0 Å². The van der Waals surface area contributed by atoms with Crippen LogP contribution in [0.15, 0.2) is 41.2 Å². The number of hydrogen-bond acceptors (Lipinski definition) is 2. The molecule has 0 saturated carbocycles. The number of halogens is 1. The first kappa shape index (κ1) is 11.4. The zero-order valence-electron chi connectivity index (χ0n) is 9.74. The molecule has 3 N–H and O–H groups in total. The van der Waals surface area contributed by atoms with Gasteiger partial charge in [0, 0.05) is 16.3 Å². The fraction of sp³-hybridized carbons (Fsp3) is 0. The number of aromatic nitrogens is 1. The Labute approximate surface area is 106 Å². The van der Waals surface area contributed by atoms with E-state index in [1.165, 1.54) is 6.07 Å². The van der Waals surface area contributed by atoms with Crippen LogP contribution in [0.5, 0.6) is 0 Å². The first-order chi connectivity index (χ1) is 9.08. The van der Waals surface area contributed by atoms with E-state index < -0.39 is 11.7 Å². The number of benzene rings is 2. The van der Waals surface area contributed by atoms with Crippen LogP contribution in [0.3, 0.4) is 0 Å². The van der Waals surface area contributed by atoms with E-state index in [1.54, 1.807) is 24.3 Å². The standard InChI is InChI=1S/C14H9FN2O2/c15-10-5-9-12(6-8(10)14(16)19)17-11-4-2-1-3-7(11)13(9)18/h1-6H,(H2,16,19)(H,17,18). The van der Waals surface area contributed by atoms with Crippen molar-refractivity contribution >= 4 is 27.7 Å². The molecule has 19 heavy (non-hydrogen) atoms. The highest BCUT2D eigenvalue weighted by Crippen LogP contribution is 2.18. The minimum Gasteiger partial charge on any atom is -0.366 e. The Morgan fingerprint density at radius 3 is 2.58 bits per heavy atom. The summed E-state index contributed by atoms with van der Waals surface area (Å²) in [6.07, 6.45) is 0. The molecule has 2 aromatic carbocycles. The van der Waals surface area contributed by atoms with Crippen LogP contribution in [0, 0.1) is 5.82 Å². The molecule has 0 spiro atoms. The summed E-state index contributed by atoms with van der Waals surface area (Å²) >= 11 is 0. The Morgan fingerprint density at radius 2 is 1.84 bits per heavy atom. The maximum atomic E-state index is 13.7. The Bertz CT molecular complexity index is 884. The van der Waals surface area contributed by atoms with Crippen molar-refractivity contribution in [2.45, 2.75) is 0 Å². The van der Waals surface area contributed by atoms with Gasteiger partial charge < -0.3 is 10.7 Å². The van der Waals surface area contributed by atoms with Crippen LogP contribution in [0.1, 0.15) is 10.4 Å². The number of carbonyl (C=O) groups is 1. The van der Waals surface area contributed by atoms with Crippen molar-refractivity contribution in [2.75, 3.05) is 0 Å². The first-order valence-electron chi connectivity index (χ1n) is 5.62. The second-order valence-corrected chi connectivity index (χ2v) is 4.24. The lowest BCUT2D eigenvalue weighted by Crippen LogP contribution is -2.14. The number of para-hydroxylation sites is 1. The summed E-state index contributed by atoms with van der Waals surface area (Å²) in [6, 6.07) is 9.22. The van der Waals surface area contributed by atoms with Gasteiger partial charge in [-0.2, -0.15) is 0 Å². The van der Waals surface area contributed by atoms with Crippen LogP contribution >= 0.6 is 0 Å². The number of rotatable bonds is 1. The van der Waals surface area contributed by atoms with E-state index in [0.29, 0.717) is 16.4 Å². The molecule has 94 valence electrons. The third-order valence-corrected chi connectivity index (χ3v) is 3.06. The van der Waals surface area contributed by atoms with Crippen molar-refractivity contribution in [1.29, 1.82) is 0 Å². The SMILES string of the molecule is NC(=O)c1cc2[nH]c3ccccc3c(=O)c2cc1F. The predicted molar refractivity (Wildman–Crippen MR) is 70.6 cm³/mol. The Balaban J connectivity index is 2.52. The van der Waals surface area contributed by atoms with Gasteiger partial charge in [0.1, 0.15) is 5.82 Å². The Morgan fingerprint density at radius 1 is 1.11 bits per heavy atom. The van der Waals surface area contributed by atoms with E-state index in [4.69, 9.17) is 5.73 Å². The molecule has 3 rings (SSSR count). The molecule has 0 aliphatic rings. The molecule has 5 heteroatoms. The van der Waals surface area contributed by atoms with Crippen LogP contribution in [0.25, 0.3) is 21.8 Å². The summed E-state index contributed by atoms with van der Waals surface area (Å²) in [7, 11) is 0. The zero-order chi connectivity index (χ0) is 13.6. The minimum atomic E-state index is -0.867. The average molecular weight is 256 g/mol. The number of fused-ring (bicyclic) bond motifs is 2. The molecule has 1 aromatic heterocycles. The molecule has 4 nitrogen and oxygen atoms in total. The molecule has 0 fully saturated rings. The molecule has 0 saturated heterocycles. The van der Waals surface area contributed by atoms with Crippen molar-refractivity contribution in [3.63, 3.8) is 0 Å². The largest absolute Gasteiger partial charge is 0.366 e. The van der Waals surface area contributed by atoms with Crippen LogP contribution in [0.4, 0.5) is 4.39 Å². The lowest BCUT2D eigenvalue weighted by Gasteiger charge is -2.05. The van der Waals surface area contributed by atoms with Crippen molar-refractivity contribution in [3.05, 3.63) is 58.0 Å². The van der Waals surface area contributed by atoms with Gasteiger partial charge in [-0.15, -0.1) is 0 Å². The van der Waals surface area contributed by atoms with Gasteiger partial charge in [0.05, 0.1) is 11.1 Å². The molecule has 0 unspecified atom stereocenters. The number of nitrogens with two attached hydrogens (primary N) is 1. The van der Waals surface area contributed by atoms with E-state index in [0.717, 1.165) is 6.07 Å². The normalized spacial score (nSPS) is 11.0. The highest BCUT2D eigenvalue weighted by Gasteiger charge is 2.13. The molecule has 1 heterocycles. The summed E-state index contributed by atoms with van der Waals surface area (Å²) in [5.41, 5.74) is 5.58. The second-order valence-electron chi connectivity index (χ2n) is 4.24. The number of carbonyl (C=O) groups excluding carboxylic acids is 1. The highest BCUT2D eigenvalue weighted by atomic mass is 19.1. The number of nitrogens with one attached hydrogen (secondary N) is 1. The topological polar surface area (TPSA) is 76.0 Å². The predicted octanol–water partition coefficient (Wildman–Crippen LogP) is 1.92. The summed E-state index contributed by atoms with van der Waals surface area (Å²) in [5, 5.41) is 0.669. The van der Waals surface area contributed by atoms with Gasteiger partial charge in [-0.1, -0.05) is 12.1 Å². The van der Waals surface area contributed by atoms with Gasteiger partial charge in [0.15, 0.2) is 5.43 Å². The second kappa shape index (κ2) is 3.91. The van der Waals surface area contributed by atoms with Gasteiger partial charge in [0.25, 0.3) is 5.91 Å². The number of primary amides is 1. The molecular formula is C14H9FN2O2.